The number of carbonyl (C=O) groups excluding carboxylic acids is 3. The van der Waals surface area contributed by atoms with E-state index < -0.39 is 10.9 Å². The van der Waals surface area contributed by atoms with E-state index in [9.17, 15) is 14.4 Å². The highest BCUT2D eigenvalue weighted by atomic mass is 32.2. The highest BCUT2D eigenvalue weighted by Gasteiger charge is 2.15. The molecular formula is C42H34O3S4. The van der Waals surface area contributed by atoms with Crippen molar-refractivity contribution in [1.29, 1.82) is 0 Å². The average Bonchev–Trinajstić information content (AvgIpc) is 3.11. The van der Waals surface area contributed by atoms with Gasteiger partial charge in [-0.3, -0.25) is 14.4 Å². The molecule has 0 fully saturated rings. The summed E-state index contributed by atoms with van der Waals surface area (Å²) in [6, 6.07) is 49.7. The second-order valence-electron chi connectivity index (χ2n) is 11.4. The number of benzene rings is 6. The van der Waals surface area contributed by atoms with Crippen molar-refractivity contribution in [3.63, 3.8) is 0 Å². The van der Waals surface area contributed by atoms with E-state index in [1.165, 1.54) is 14.7 Å². The van der Waals surface area contributed by atoms with Gasteiger partial charge in [-0.2, -0.15) is 10.9 Å². The first-order valence-corrected chi connectivity index (χ1v) is 19.5. The third-order valence-corrected chi connectivity index (χ3v) is 13.3. The molecule has 0 atom stereocenters. The van der Waals surface area contributed by atoms with Crippen LogP contribution in [0.5, 0.6) is 0 Å². The summed E-state index contributed by atoms with van der Waals surface area (Å²) in [7, 11) is -0.836. The minimum absolute atomic E-state index is 0.0687. The fourth-order valence-electron chi connectivity index (χ4n) is 5.12. The molecule has 0 bridgehead atoms. The Morgan fingerprint density at radius 2 is 0.510 bits per heavy atom. The number of rotatable bonds is 12. The summed E-state index contributed by atoms with van der Waals surface area (Å²) in [6.45, 7) is 4.76. The lowest BCUT2D eigenvalue weighted by atomic mass is 10.2. The molecule has 0 aliphatic rings. The minimum atomic E-state index is -0.836. The second kappa shape index (κ2) is 16.0. The molecule has 49 heavy (non-hydrogen) atoms. The van der Waals surface area contributed by atoms with Crippen molar-refractivity contribution in [2.75, 3.05) is 0 Å². The quantitative estimate of drug-likeness (QED) is 0.101. The highest BCUT2D eigenvalue weighted by Crippen LogP contribution is 2.52. The molecule has 6 rings (SSSR count). The molecule has 0 amide bonds. The Bertz CT molecular complexity index is 1830. The van der Waals surface area contributed by atoms with Gasteiger partial charge in [-0.15, -0.1) is 0 Å². The van der Waals surface area contributed by atoms with Gasteiger partial charge in [0.2, 0.25) is 0 Å². The molecule has 0 N–H and O–H groups in total. The van der Waals surface area contributed by atoms with Crippen LogP contribution in [0.3, 0.4) is 0 Å². The molecule has 0 saturated carbocycles. The van der Waals surface area contributed by atoms with E-state index in [-0.39, 0.29) is 17.3 Å². The number of Topliss-reactive ketones (excluding diaryl/α,β-unsaturated/α-hetero) is 3. The molecular weight excluding hydrogens is 681 g/mol. The van der Waals surface area contributed by atoms with E-state index in [1.807, 2.05) is 72.8 Å². The van der Waals surface area contributed by atoms with Crippen LogP contribution in [-0.4, -0.2) is 17.3 Å². The van der Waals surface area contributed by atoms with Gasteiger partial charge in [-0.05, 0) is 145 Å². The Kier molecular flexibility index (Phi) is 11.3. The normalized spacial score (nSPS) is 11.2. The lowest BCUT2D eigenvalue weighted by Crippen LogP contribution is -1.91. The molecule has 244 valence electrons. The van der Waals surface area contributed by atoms with Crippen LogP contribution in [0.2, 0.25) is 0 Å². The van der Waals surface area contributed by atoms with Crippen LogP contribution in [0.25, 0.3) is 0 Å². The summed E-state index contributed by atoms with van der Waals surface area (Å²) < 4.78 is 0. The molecule has 0 heterocycles. The lowest BCUT2D eigenvalue weighted by Gasteiger charge is -2.24. The predicted molar refractivity (Wildman–Crippen MR) is 205 cm³/mol. The number of hydrogen-bond acceptors (Lipinski definition) is 6. The van der Waals surface area contributed by atoms with Crippen molar-refractivity contribution in [2.24, 2.45) is 0 Å². The van der Waals surface area contributed by atoms with Crippen LogP contribution in [0, 0.1) is 0 Å². The summed E-state index contributed by atoms with van der Waals surface area (Å²) in [5, 5.41) is 0. The molecule has 3 nitrogen and oxygen atoms in total. The SMILES string of the molecule is CC(=O)c1ccc(Sc2ccc([SH](c3ccc(Sc4ccc(C(C)=O)cc4)cc3)c3ccc(Sc4ccc(C(C)=O)cc4)cc3)cc2)cc1. The second-order valence-corrected chi connectivity index (χ2v) is 17.0. The van der Waals surface area contributed by atoms with Gasteiger partial charge in [0.15, 0.2) is 17.3 Å². The van der Waals surface area contributed by atoms with Gasteiger partial charge in [0.25, 0.3) is 0 Å². The first-order chi connectivity index (χ1) is 23.7. The van der Waals surface area contributed by atoms with Crippen molar-refractivity contribution in [1.82, 2.24) is 0 Å². The van der Waals surface area contributed by atoms with Gasteiger partial charge in [-0.1, -0.05) is 71.7 Å². The first kappa shape index (κ1) is 34.6. The number of carbonyl (C=O) groups is 3. The average molecular weight is 715 g/mol. The van der Waals surface area contributed by atoms with Crippen molar-refractivity contribution < 1.29 is 14.4 Å². The van der Waals surface area contributed by atoms with Crippen molar-refractivity contribution in [2.45, 2.75) is 64.8 Å². The number of thiol groups is 1. The van der Waals surface area contributed by atoms with Crippen LogP contribution in [-0.2, 0) is 0 Å². The fraction of sp³-hybridized carbons (Fsp3) is 0.0714. The van der Waals surface area contributed by atoms with Crippen LogP contribution in [0.15, 0.2) is 190 Å². The third kappa shape index (κ3) is 9.05. The van der Waals surface area contributed by atoms with Crippen molar-refractivity contribution in [3.8, 4) is 0 Å². The molecule has 6 aromatic carbocycles. The van der Waals surface area contributed by atoms with E-state index in [0.717, 1.165) is 46.1 Å². The smallest absolute Gasteiger partial charge is 0.159 e. The van der Waals surface area contributed by atoms with Crippen LogP contribution >= 0.6 is 46.2 Å². The summed E-state index contributed by atoms with van der Waals surface area (Å²) in [6.07, 6.45) is 0. The molecule has 0 saturated heterocycles. The Morgan fingerprint density at radius 3 is 0.694 bits per heavy atom. The monoisotopic (exact) mass is 714 g/mol. The zero-order chi connectivity index (χ0) is 34.3. The van der Waals surface area contributed by atoms with Crippen LogP contribution < -0.4 is 0 Å². The van der Waals surface area contributed by atoms with E-state index in [4.69, 9.17) is 0 Å². The van der Waals surface area contributed by atoms with Gasteiger partial charge in [0.1, 0.15) is 0 Å². The molecule has 0 spiro atoms. The maximum Gasteiger partial charge on any atom is 0.159 e. The molecule has 0 unspecified atom stereocenters. The predicted octanol–water partition coefficient (Wildman–Crippen LogP) is 12.2. The minimum Gasteiger partial charge on any atom is -0.295 e. The maximum absolute atomic E-state index is 11.7. The van der Waals surface area contributed by atoms with E-state index >= 15 is 0 Å². The number of hydrogen-bond donors (Lipinski definition) is 1. The zero-order valence-electron chi connectivity index (χ0n) is 27.3. The fourth-order valence-corrected chi connectivity index (χ4v) is 9.80. The Hall–Kier alpha value is -4.27. The summed E-state index contributed by atoms with van der Waals surface area (Å²) in [5.41, 5.74) is 2.16. The molecule has 0 aromatic heterocycles. The van der Waals surface area contributed by atoms with Gasteiger partial charge < -0.3 is 0 Å². The standard InChI is InChI=1S/C42H34O3S4/c1-28(43)31-4-10-34(11-5-31)46-37-16-22-40(23-17-37)49(41-24-18-38(19-25-41)47-35-12-6-32(7-13-35)29(2)44)42-26-20-39(21-27-42)48-36-14-8-33(9-15-36)30(3)45/h4-27,49H,1-3H3. The van der Waals surface area contributed by atoms with E-state index in [1.54, 1.807) is 56.1 Å². The Labute approximate surface area is 303 Å². The summed E-state index contributed by atoms with van der Waals surface area (Å²) in [5.74, 6) is 0.206. The largest absolute Gasteiger partial charge is 0.295 e. The third-order valence-electron chi connectivity index (χ3n) is 7.77. The maximum atomic E-state index is 11.7. The molecule has 0 aliphatic heterocycles. The molecule has 7 heteroatoms. The Morgan fingerprint density at radius 1 is 0.327 bits per heavy atom. The summed E-state index contributed by atoms with van der Waals surface area (Å²) in [4.78, 5) is 45.5. The zero-order valence-corrected chi connectivity index (χ0v) is 30.6. The molecule has 0 radical (unpaired) electrons. The topological polar surface area (TPSA) is 51.2 Å². The van der Waals surface area contributed by atoms with Crippen LogP contribution in [0.1, 0.15) is 51.8 Å². The van der Waals surface area contributed by atoms with Gasteiger partial charge in [0, 0.05) is 46.1 Å². The lowest BCUT2D eigenvalue weighted by molar-refractivity contribution is 0.100. The van der Waals surface area contributed by atoms with Gasteiger partial charge >= 0.3 is 0 Å². The number of ketones is 3. The van der Waals surface area contributed by atoms with E-state index in [0.29, 0.717) is 0 Å². The van der Waals surface area contributed by atoms with Gasteiger partial charge in [0.05, 0.1) is 0 Å². The highest BCUT2D eigenvalue weighted by molar-refractivity contribution is 8.17. The van der Waals surface area contributed by atoms with E-state index in [2.05, 4.69) is 72.8 Å². The Balaban J connectivity index is 1.25. The van der Waals surface area contributed by atoms with Crippen molar-refractivity contribution >= 4 is 63.5 Å². The van der Waals surface area contributed by atoms with Gasteiger partial charge in [-0.25, -0.2) is 0 Å². The molecule has 0 aliphatic carbocycles. The first-order valence-electron chi connectivity index (χ1n) is 15.7. The van der Waals surface area contributed by atoms with Crippen molar-refractivity contribution in [3.05, 3.63) is 162 Å². The molecule has 6 aromatic rings. The van der Waals surface area contributed by atoms with Crippen LogP contribution in [0.4, 0.5) is 0 Å². The summed E-state index contributed by atoms with van der Waals surface area (Å²) >= 11 is 5.05.